The van der Waals surface area contributed by atoms with Gasteiger partial charge in [-0.05, 0) is 30.7 Å². The highest BCUT2D eigenvalue weighted by Crippen LogP contribution is 2.17. The van der Waals surface area contributed by atoms with Crippen molar-refractivity contribution in [1.29, 1.82) is 0 Å². The third kappa shape index (κ3) is 2.31. The van der Waals surface area contributed by atoms with Crippen LogP contribution < -0.4 is 0 Å². The van der Waals surface area contributed by atoms with E-state index in [1.807, 2.05) is 0 Å². The summed E-state index contributed by atoms with van der Waals surface area (Å²) in [4.78, 5) is 15.7. The van der Waals surface area contributed by atoms with Crippen molar-refractivity contribution in [2.75, 3.05) is 0 Å². The predicted molar refractivity (Wildman–Crippen MR) is 60.7 cm³/mol. The van der Waals surface area contributed by atoms with E-state index in [-0.39, 0.29) is 12.2 Å². The lowest BCUT2D eigenvalue weighted by Crippen LogP contribution is -2.02. The number of carbonyl (C=O) groups is 1. The molecule has 0 unspecified atom stereocenters. The maximum Gasteiger partial charge on any atom is 0.202 e. The van der Waals surface area contributed by atoms with Crippen LogP contribution in [-0.2, 0) is 6.42 Å². The lowest BCUT2D eigenvalue weighted by molar-refractivity contribution is 0.0965. The summed E-state index contributed by atoms with van der Waals surface area (Å²) in [5, 5.41) is 0.499. The van der Waals surface area contributed by atoms with Crippen LogP contribution in [0.25, 0.3) is 0 Å². The average Bonchev–Trinajstić information content (AvgIpc) is 2.68. The summed E-state index contributed by atoms with van der Waals surface area (Å²) < 4.78 is 5.25. The molecule has 2 aromatic heterocycles. The number of rotatable bonds is 3. The molecular weight excluding hydrogens is 226 g/mol. The number of carbonyl (C=O) groups excluding carboxylic acids is 1. The first kappa shape index (κ1) is 10.9. The number of pyridine rings is 1. The van der Waals surface area contributed by atoms with Crippen LogP contribution in [0.15, 0.2) is 35.0 Å². The van der Waals surface area contributed by atoms with Crippen LogP contribution in [0.1, 0.15) is 21.9 Å². The van der Waals surface area contributed by atoms with E-state index in [2.05, 4.69) is 4.98 Å². The van der Waals surface area contributed by atoms with E-state index in [0.29, 0.717) is 10.8 Å². The Morgan fingerprint density at radius 2 is 2.25 bits per heavy atom. The molecule has 0 spiro atoms. The third-order valence-electron chi connectivity index (χ3n) is 2.22. The number of hydrogen-bond acceptors (Lipinski definition) is 3. The number of aromatic nitrogens is 1. The molecule has 3 nitrogen and oxygen atoms in total. The Balaban J connectivity index is 2.17. The van der Waals surface area contributed by atoms with E-state index < -0.39 is 0 Å². The number of nitrogens with zero attached hydrogens (tertiary/aromatic N) is 1. The average molecular weight is 236 g/mol. The number of halogens is 1. The van der Waals surface area contributed by atoms with Crippen LogP contribution in [0.5, 0.6) is 0 Å². The molecule has 2 aromatic rings. The molecule has 0 aromatic carbocycles. The number of ketones is 1. The monoisotopic (exact) mass is 235 g/mol. The molecule has 0 aliphatic heterocycles. The van der Waals surface area contributed by atoms with E-state index in [9.17, 15) is 4.79 Å². The number of Topliss-reactive ketones (excluding diaryl/α,β-unsaturated/α-hetero) is 1. The summed E-state index contributed by atoms with van der Waals surface area (Å²) >= 11 is 5.92. The Morgan fingerprint density at radius 1 is 1.44 bits per heavy atom. The highest BCUT2D eigenvalue weighted by atomic mass is 35.5. The standard InChI is InChI=1S/C12H10ClNO2/c1-8-2-3-12(16-8)11(15)6-9-4-5-14-7-10(9)13/h2-5,7H,6H2,1H3. The second kappa shape index (κ2) is 4.49. The number of hydrogen-bond donors (Lipinski definition) is 0. The first-order valence-electron chi connectivity index (χ1n) is 4.85. The summed E-state index contributed by atoms with van der Waals surface area (Å²) in [6.07, 6.45) is 3.37. The minimum atomic E-state index is -0.0822. The van der Waals surface area contributed by atoms with Gasteiger partial charge >= 0.3 is 0 Å². The molecule has 0 radical (unpaired) electrons. The Bertz CT molecular complexity index is 519. The van der Waals surface area contributed by atoms with Crippen molar-refractivity contribution in [2.24, 2.45) is 0 Å². The molecule has 0 aliphatic rings. The number of furan rings is 1. The molecule has 0 saturated heterocycles. The minimum Gasteiger partial charge on any atom is -0.458 e. The summed E-state index contributed by atoms with van der Waals surface area (Å²) in [5.41, 5.74) is 0.760. The van der Waals surface area contributed by atoms with Gasteiger partial charge in [-0.25, -0.2) is 0 Å². The first-order chi connectivity index (χ1) is 7.66. The molecule has 0 fully saturated rings. The van der Waals surface area contributed by atoms with Crippen molar-refractivity contribution in [1.82, 2.24) is 4.98 Å². The first-order valence-corrected chi connectivity index (χ1v) is 5.22. The zero-order chi connectivity index (χ0) is 11.5. The van der Waals surface area contributed by atoms with E-state index >= 15 is 0 Å². The Labute approximate surface area is 98.1 Å². The molecule has 2 heterocycles. The van der Waals surface area contributed by atoms with Gasteiger partial charge < -0.3 is 4.42 Å². The van der Waals surface area contributed by atoms with Crippen LogP contribution in [0.3, 0.4) is 0 Å². The van der Waals surface area contributed by atoms with Gasteiger partial charge in [-0.15, -0.1) is 0 Å². The summed E-state index contributed by atoms with van der Waals surface area (Å²) in [6.45, 7) is 1.80. The van der Waals surface area contributed by atoms with Gasteiger partial charge in [0.05, 0.1) is 5.02 Å². The fraction of sp³-hybridized carbons (Fsp3) is 0.167. The maximum absolute atomic E-state index is 11.8. The van der Waals surface area contributed by atoms with Crippen LogP contribution >= 0.6 is 11.6 Å². The van der Waals surface area contributed by atoms with Gasteiger partial charge in [0.15, 0.2) is 5.76 Å². The van der Waals surface area contributed by atoms with Crippen LogP contribution in [0, 0.1) is 6.92 Å². The smallest absolute Gasteiger partial charge is 0.202 e. The van der Waals surface area contributed by atoms with E-state index in [1.54, 1.807) is 31.3 Å². The van der Waals surface area contributed by atoms with Gasteiger partial charge in [0.1, 0.15) is 5.76 Å². The van der Waals surface area contributed by atoms with E-state index in [4.69, 9.17) is 16.0 Å². The van der Waals surface area contributed by atoms with E-state index in [0.717, 1.165) is 11.3 Å². The van der Waals surface area contributed by atoms with Crippen molar-refractivity contribution in [2.45, 2.75) is 13.3 Å². The zero-order valence-electron chi connectivity index (χ0n) is 8.74. The van der Waals surface area contributed by atoms with Gasteiger partial charge in [-0.3, -0.25) is 9.78 Å². The Hall–Kier alpha value is -1.61. The molecule has 0 amide bonds. The SMILES string of the molecule is Cc1ccc(C(=O)Cc2ccncc2Cl)o1. The van der Waals surface area contributed by atoms with Crippen LogP contribution in [0.2, 0.25) is 5.02 Å². The maximum atomic E-state index is 11.8. The van der Waals surface area contributed by atoms with E-state index in [1.165, 1.54) is 6.20 Å². The molecule has 0 aliphatic carbocycles. The molecule has 4 heteroatoms. The summed E-state index contributed by atoms with van der Waals surface area (Å²) in [7, 11) is 0. The van der Waals surface area contributed by atoms with Gasteiger partial charge in [0.25, 0.3) is 0 Å². The summed E-state index contributed by atoms with van der Waals surface area (Å²) in [6, 6.07) is 5.17. The topological polar surface area (TPSA) is 43.1 Å². The second-order valence-corrected chi connectivity index (χ2v) is 3.88. The Morgan fingerprint density at radius 3 is 2.88 bits per heavy atom. The van der Waals surface area contributed by atoms with Crippen LogP contribution in [-0.4, -0.2) is 10.8 Å². The molecule has 0 atom stereocenters. The highest BCUT2D eigenvalue weighted by molar-refractivity contribution is 6.31. The van der Waals surface area contributed by atoms with Gasteiger partial charge in [0, 0.05) is 18.8 Å². The van der Waals surface area contributed by atoms with Crippen molar-refractivity contribution in [3.05, 3.63) is 52.7 Å². The third-order valence-corrected chi connectivity index (χ3v) is 2.56. The zero-order valence-corrected chi connectivity index (χ0v) is 9.49. The fourth-order valence-corrected chi connectivity index (χ4v) is 1.58. The molecule has 0 N–H and O–H groups in total. The van der Waals surface area contributed by atoms with Gasteiger partial charge in [0.2, 0.25) is 5.78 Å². The van der Waals surface area contributed by atoms with Crippen molar-refractivity contribution >= 4 is 17.4 Å². The Kier molecular flexibility index (Phi) is 3.06. The van der Waals surface area contributed by atoms with Gasteiger partial charge in [-0.2, -0.15) is 0 Å². The minimum absolute atomic E-state index is 0.0822. The quantitative estimate of drug-likeness (QED) is 0.768. The molecule has 0 bridgehead atoms. The predicted octanol–water partition coefficient (Wildman–Crippen LogP) is 3.06. The highest BCUT2D eigenvalue weighted by Gasteiger charge is 2.12. The van der Waals surface area contributed by atoms with Crippen LogP contribution in [0.4, 0.5) is 0 Å². The summed E-state index contributed by atoms with van der Waals surface area (Å²) in [5.74, 6) is 1.01. The van der Waals surface area contributed by atoms with Gasteiger partial charge in [-0.1, -0.05) is 11.6 Å². The second-order valence-electron chi connectivity index (χ2n) is 3.48. The number of aryl methyl sites for hydroxylation is 1. The largest absolute Gasteiger partial charge is 0.458 e. The molecule has 16 heavy (non-hydrogen) atoms. The molecule has 82 valence electrons. The van der Waals surface area contributed by atoms with Crippen molar-refractivity contribution in [3.63, 3.8) is 0 Å². The fourth-order valence-electron chi connectivity index (χ4n) is 1.39. The molecule has 2 rings (SSSR count). The molecule has 0 saturated carbocycles. The normalized spacial score (nSPS) is 10.4. The van der Waals surface area contributed by atoms with Crippen molar-refractivity contribution in [3.8, 4) is 0 Å². The molecular formula is C12H10ClNO2. The lowest BCUT2D eigenvalue weighted by Gasteiger charge is -2.00. The lowest BCUT2D eigenvalue weighted by atomic mass is 10.1. The van der Waals surface area contributed by atoms with Crippen molar-refractivity contribution < 1.29 is 9.21 Å².